The Labute approximate surface area is 141 Å². The molecule has 0 aliphatic heterocycles. The number of benzene rings is 2. The smallest absolute Gasteiger partial charge is 0.316 e. The molecule has 124 valence electrons. The Bertz CT molecular complexity index is 798. The fraction of sp³-hybridized carbons (Fsp3) is 0.250. The Morgan fingerprint density at radius 1 is 1.00 bits per heavy atom. The first-order valence-corrected chi connectivity index (χ1v) is 8.04. The lowest BCUT2D eigenvalue weighted by Crippen LogP contribution is -2.47. The molecule has 0 bridgehead atoms. The van der Waals surface area contributed by atoms with Gasteiger partial charge in [0.1, 0.15) is 17.4 Å². The molecule has 0 saturated carbocycles. The van der Waals surface area contributed by atoms with Crippen molar-refractivity contribution in [1.29, 1.82) is 0 Å². The summed E-state index contributed by atoms with van der Waals surface area (Å²) in [6.45, 7) is 5.85. The summed E-state index contributed by atoms with van der Waals surface area (Å²) in [5, 5.41) is 6.97. The van der Waals surface area contributed by atoms with Gasteiger partial charge < -0.3 is 15.1 Å². The second kappa shape index (κ2) is 6.40. The van der Waals surface area contributed by atoms with Crippen LogP contribution in [-0.2, 0) is 0 Å². The summed E-state index contributed by atoms with van der Waals surface area (Å²) in [6.07, 6.45) is 0. The molecule has 2 N–H and O–H groups in total. The Hall–Kier alpha value is -2.75. The summed E-state index contributed by atoms with van der Waals surface area (Å²) in [5.74, 6) is 0.714. The first-order valence-electron chi connectivity index (χ1n) is 8.04. The summed E-state index contributed by atoms with van der Waals surface area (Å²) in [4.78, 5) is 12.4. The number of fused-ring (bicyclic) bond motifs is 1. The molecule has 1 heterocycles. The van der Waals surface area contributed by atoms with E-state index in [4.69, 9.17) is 4.42 Å². The van der Waals surface area contributed by atoms with E-state index in [9.17, 15) is 4.79 Å². The highest BCUT2D eigenvalue weighted by Gasteiger charge is 2.22. The number of urea groups is 1. The number of rotatable bonds is 3. The molecule has 1 aromatic heterocycles. The van der Waals surface area contributed by atoms with Crippen molar-refractivity contribution in [1.82, 2.24) is 10.6 Å². The van der Waals surface area contributed by atoms with Gasteiger partial charge in [0.2, 0.25) is 0 Å². The number of hydrogen-bond acceptors (Lipinski definition) is 2. The molecule has 0 fully saturated rings. The minimum Gasteiger partial charge on any atom is -0.459 e. The summed E-state index contributed by atoms with van der Waals surface area (Å²) in [5.41, 5.74) is 1.48. The number of para-hydroxylation sites is 1. The van der Waals surface area contributed by atoms with Crippen LogP contribution in [-0.4, -0.2) is 11.6 Å². The van der Waals surface area contributed by atoms with Gasteiger partial charge in [-0.3, -0.25) is 0 Å². The van der Waals surface area contributed by atoms with E-state index in [0.717, 1.165) is 16.5 Å². The van der Waals surface area contributed by atoms with E-state index in [0.29, 0.717) is 5.76 Å². The second-order valence-corrected chi connectivity index (χ2v) is 6.88. The lowest BCUT2D eigenvalue weighted by Gasteiger charge is -2.24. The largest absolute Gasteiger partial charge is 0.459 e. The molecule has 2 amide bonds. The molecule has 1 atom stereocenters. The number of carbonyl (C=O) groups is 1. The van der Waals surface area contributed by atoms with Crippen molar-refractivity contribution in [3.05, 3.63) is 72.0 Å². The molecule has 3 rings (SSSR count). The average Bonchev–Trinajstić information content (AvgIpc) is 2.95. The fourth-order valence-corrected chi connectivity index (χ4v) is 2.62. The van der Waals surface area contributed by atoms with E-state index >= 15 is 0 Å². The molecule has 4 heteroatoms. The normalized spacial score (nSPS) is 12.8. The van der Waals surface area contributed by atoms with E-state index in [1.807, 2.05) is 81.4 Å². The molecule has 3 aromatic rings. The van der Waals surface area contributed by atoms with Crippen LogP contribution in [0, 0.1) is 0 Å². The predicted octanol–water partition coefficient (Wildman–Crippen LogP) is 4.62. The van der Waals surface area contributed by atoms with Gasteiger partial charge in [-0.2, -0.15) is 0 Å². The number of amides is 2. The number of nitrogens with one attached hydrogen (secondary N) is 2. The van der Waals surface area contributed by atoms with Crippen LogP contribution in [0.25, 0.3) is 11.0 Å². The fourth-order valence-electron chi connectivity index (χ4n) is 2.62. The van der Waals surface area contributed by atoms with Crippen molar-refractivity contribution < 1.29 is 9.21 Å². The van der Waals surface area contributed by atoms with Crippen LogP contribution in [0.3, 0.4) is 0 Å². The average molecular weight is 322 g/mol. The molecule has 2 aromatic carbocycles. The number of hydrogen-bond donors (Lipinski definition) is 2. The summed E-state index contributed by atoms with van der Waals surface area (Å²) in [6, 6.07) is 19.1. The summed E-state index contributed by atoms with van der Waals surface area (Å²) in [7, 11) is 0. The van der Waals surface area contributed by atoms with E-state index < -0.39 is 0 Å². The number of carbonyl (C=O) groups excluding carboxylic acids is 1. The van der Waals surface area contributed by atoms with Crippen LogP contribution in [0.4, 0.5) is 4.79 Å². The molecule has 0 spiro atoms. The van der Waals surface area contributed by atoms with Crippen LogP contribution in [0.5, 0.6) is 0 Å². The highest BCUT2D eigenvalue weighted by Crippen LogP contribution is 2.28. The van der Waals surface area contributed by atoms with Gasteiger partial charge in [0.15, 0.2) is 0 Å². The molecular formula is C20H22N2O2. The van der Waals surface area contributed by atoms with Crippen molar-refractivity contribution in [2.75, 3.05) is 0 Å². The van der Waals surface area contributed by atoms with Gasteiger partial charge in [-0.1, -0.05) is 48.5 Å². The summed E-state index contributed by atoms with van der Waals surface area (Å²) >= 11 is 0. The van der Waals surface area contributed by atoms with Gasteiger partial charge in [0.05, 0.1) is 0 Å². The van der Waals surface area contributed by atoms with Crippen molar-refractivity contribution in [3.8, 4) is 0 Å². The third-order valence-electron chi connectivity index (χ3n) is 3.63. The molecule has 1 unspecified atom stereocenters. The zero-order chi connectivity index (χ0) is 17.2. The maximum absolute atomic E-state index is 12.4. The van der Waals surface area contributed by atoms with Crippen LogP contribution in [0.15, 0.2) is 65.1 Å². The zero-order valence-corrected chi connectivity index (χ0v) is 14.2. The van der Waals surface area contributed by atoms with Gasteiger partial charge in [-0.05, 0) is 38.5 Å². The molecule has 0 saturated heterocycles. The lowest BCUT2D eigenvalue weighted by atomic mass is 10.0. The third kappa shape index (κ3) is 3.77. The SMILES string of the molecule is CC(C)(C)NC(=O)NC(c1ccccc1)c1cc2ccccc2o1. The van der Waals surface area contributed by atoms with Gasteiger partial charge in [-0.15, -0.1) is 0 Å². The molecule has 0 radical (unpaired) electrons. The van der Waals surface area contributed by atoms with Crippen LogP contribution < -0.4 is 10.6 Å². The first kappa shape index (κ1) is 16.1. The quantitative estimate of drug-likeness (QED) is 0.739. The molecular weight excluding hydrogens is 300 g/mol. The van der Waals surface area contributed by atoms with Gasteiger partial charge in [0, 0.05) is 10.9 Å². The Kier molecular flexibility index (Phi) is 4.30. The predicted molar refractivity (Wildman–Crippen MR) is 95.9 cm³/mol. The van der Waals surface area contributed by atoms with Gasteiger partial charge >= 0.3 is 6.03 Å². The highest BCUT2D eigenvalue weighted by atomic mass is 16.3. The molecule has 0 aliphatic carbocycles. The molecule has 4 nitrogen and oxygen atoms in total. The van der Waals surface area contributed by atoms with E-state index in [1.54, 1.807) is 0 Å². The Morgan fingerprint density at radius 2 is 1.67 bits per heavy atom. The monoisotopic (exact) mass is 322 g/mol. The minimum atomic E-state index is -0.346. The summed E-state index contributed by atoms with van der Waals surface area (Å²) < 4.78 is 5.97. The minimum absolute atomic E-state index is 0.225. The van der Waals surface area contributed by atoms with Crippen LogP contribution in [0.1, 0.15) is 38.1 Å². The Balaban J connectivity index is 1.94. The van der Waals surface area contributed by atoms with E-state index in [2.05, 4.69) is 10.6 Å². The lowest BCUT2D eigenvalue weighted by molar-refractivity contribution is 0.228. The van der Waals surface area contributed by atoms with Gasteiger partial charge in [-0.25, -0.2) is 4.79 Å². The maximum Gasteiger partial charge on any atom is 0.316 e. The zero-order valence-electron chi connectivity index (χ0n) is 14.2. The highest BCUT2D eigenvalue weighted by molar-refractivity contribution is 5.79. The van der Waals surface area contributed by atoms with Crippen LogP contribution in [0.2, 0.25) is 0 Å². The van der Waals surface area contributed by atoms with Crippen molar-refractivity contribution in [3.63, 3.8) is 0 Å². The molecule has 24 heavy (non-hydrogen) atoms. The van der Waals surface area contributed by atoms with Crippen molar-refractivity contribution in [2.24, 2.45) is 0 Å². The first-order chi connectivity index (χ1) is 11.4. The van der Waals surface area contributed by atoms with Crippen molar-refractivity contribution >= 4 is 17.0 Å². The number of furan rings is 1. The topological polar surface area (TPSA) is 54.3 Å². The molecule has 0 aliphatic rings. The third-order valence-corrected chi connectivity index (χ3v) is 3.63. The second-order valence-electron chi connectivity index (χ2n) is 6.88. The van der Waals surface area contributed by atoms with Gasteiger partial charge in [0.25, 0.3) is 0 Å². The van der Waals surface area contributed by atoms with E-state index in [-0.39, 0.29) is 17.6 Å². The van der Waals surface area contributed by atoms with Crippen LogP contribution >= 0.6 is 0 Å². The standard InChI is InChI=1S/C20H22N2O2/c1-20(2,3)22-19(23)21-18(14-9-5-4-6-10-14)17-13-15-11-7-8-12-16(15)24-17/h4-13,18H,1-3H3,(H2,21,22,23). The Morgan fingerprint density at radius 3 is 2.33 bits per heavy atom. The van der Waals surface area contributed by atoms with Crippen molar-refractivity contribution in [2.45, 2.75) is 32.4 Å². The van der Waals surface area contributed by atoms with E-state index in [1.165, 1.54) is 0 Å². The maximum atomic E-state index is 12.4.